The summed E-state index contributed by atoms with van der Waals surface area (Å²) in [5.74, 6) is -1.98. The Hall–Kier alpha value is -3.98. The third-order valence-corrected chi connectivity index (χ3v) is 6.32. The number of nitrogens with zero attached hydrogens (tertiary/aromatic N) is 2. The molecular formula is C30H30ClF2N3O4. The van der Waals surface area contributed by atoms with Crippen LogP contribution in [0.25, 0.3) is 5.65 Å². The number of amides is 1. The van der Waals surface area contributed by atoms with Gasteiger partial charge in [0.05, 0.1) is 17.3 Å². The monoisotopic (exact) mass is 569 g/mol. The molecule has 4 rings (SSSR count). The average molecular weight is 570 g/mol. The van der Waals surface area contributed by atoms with Crippen molar-refractivity contribution >= 4 is 29.1 Å². The molecule has 0 saturated carbocycles. The van der Waals surface area contributed by atoms with Crippen LogP contribution in [0.5, 0.6) is 5.75 Å². The van der Waals surface area contributed by atoms with E-state index in [2.05, 4.69) is 10.3 Å². The van der Waals surface area contributed by atoms with Gasteiger partial charge in [0, 0.05) is 17.6 Å². The molecule has 0 spiro atoms. The Morgan fingerprint density at radius 3 is 2.38 bits per heavy atom. The number of hydrogen-bond donors (Lipinski definition) is 1. The molecule has 0 aliphatic carbocycles. The number of halogens is 3. The first-order valence-electron chi connectivity index (χ1n) is 12.7. The number of pyridine rings is 1. The van der Waals surface area contributed by atoms with Gasteiger partial charge in [-0.2, -0.15) is 0 Å². The van der Waals surface area contributed by atoms with Crippen LogP contribution in [-0.2, 0) is 16.1 Å². The molecule has 2 aromatic heterocycles. The zero-order valence-corrected chi connectivity index (χ0v) is 23.4. The van der Waals surface area contributed by atoms with Crippen LogP contribution in [0.1, 0.15) is 67.0 Å². The Kier molecular flexibility index (Phi) is 8.73. The Labute approximate surface area is 236 Å². The molecule has 1 unspecified atom stereocenters. The van der Waals surface area contributed by atoms with E-state index in [1.165, 1.54) is 6.07 Å². The van der Waals surface area contributed by atoms with E-state index in [1.807, 2.05) is 0 Å². The fraction of sp³-hybridized carbons (Fsp3) is 0.300. The second-order valence-corrected chi connectivity index (χ2v) is 10.7. The number of rotatable bonds is 9. The average Bonchev–Trinajstić information content (AvgIpc) is 3.22. The van der Waals surface area contributed by atoms with Crippen LogP contribution >= 0.6 is 11.6 Å². The highest BCUT2D eigenvalue weighted by Crippen LogP contribution is 2.26. The summed E-state index contributed by atoms with van der Waals surface area (Å²) in [5.41, 5.74) is 0.937. The van der Waals surface area contributed by atoms with Gasteiger partial charge in [-0.15, -0.1) is 0 Å². The first-order chi connectivity index (χ1) is 18.9. The number of fused-ring (bicyclic) bond motifs is 1. The van der Waals surface area contributed by atoms with Gasteiger partial charge < -0.3 is 14.8 Å². The summed E-state index contributed by atoms with van der Waals surface area (Å²) in [6.07, 6.45) is 2.03. The maximum atomic E-state index is 14.1. The van der Waals surface area contributed by atoms with Gasteiger partial charge in [0.2, 0.25) is 0 Å². The maximum absolute atomic E-state index is 14.1. The molecule has 0 bridgehead atoms. The first-order valence-corrected chi connectivity index (χ1v) is 13.1. The number of hydrogen-bond acceptors (Lipinski definition) is 5. The van der Waals surface area contributed by atoms with Crippen LogP contribution in [0.3, 0.4) is 0 Å². The van der Waals surface area contributed by atoms with E-state index in [0.717, 1.165) is 17.7 Å². The van der Waals surface area contributed by atoms with E-state index in [4.69, 9.17) is 21.1 Å². The number of esters is 1. The van der Waals surface area contributed by atoms with Crippen molar-refractivity contribution < 1.29 is 27.8 Å². The zero-order chi connectivity index (χ0) is 29.0. The van der Waals surface area contributed by atoms with Gasteiger partial charge in [0.15, 0.2) is 11.4 Å². The van der Waals surface area contributed by atoms with Crippen molar-refractivity contribution in [2.24, 2.45) is 0 Å². The van der Waals surface area contributed by atoms with Crippen molar-refractivity contribution in [3.63, 3.8) is 0 Å². The van der Waals surface area contributed by atoms with Gasteiger partial charge >= 0.3 is 5.97 Å². The molecule has 1 atom stereocenters. The van der Waals surface area contributed by atoms with Gasteiger partial charge in [0.1, 0.15) is 29.5 Å². The Morgan fingerprint density at radius 1 is 1.05 bits per heavy atom. The largest absolute Gasteiger partial charge is 0.485 e. The summed E-state index contributed by atoms with van der Waals surface area (Å²) < 4.78 is 40.9. The molecule has 0 aliphatic heterocycles. The molecule has 210 valence electrons. The van der Waals surface area contributed by atoms with Crippen LogP contribution < -0.4 is 10.1 Å². The molecule has 0 saturated heterocycles. The molecule has 7 nitrogen and oxygen atoms in total. The molecule has 2 heterocycles. The van der Waals surface area contributed by atoms with Crippen LogP contribution in [-0.4, -0.2) is 26.9 Å². The van der Waals surface area contributed by atoms with Gasteiger partial charge in [-0.05, 0) is 76.1 Å². The summed E-state index contributed by atoms with van der Waals surface area (Å²) in [4.78, 5) is 30.5. The van der Waals surface area contributed by atoms with Gasteiger partial charge in [-0.1, -0.05) is 29.8 Å². The van der Waals surface area contributed by atoms with Gasteiger partial charge in [-0.3, -0.25) is 14.0 Å². The van der Waals surface area contributed by atoms with Crippen LogP contribution in [0.15, 0.2) is 60.8 Å². The molecule has 0 aliphatic rings. The first kappa shape index (κ1) is 29.0. The lowest BCUT2D eigenvalue weighted by Gasteiger charge is -2.22. The summed E-state index contributed by atoms with van der Waals surface area (Å²) in [7, 11) is 0. The van der Waals surface area contributed by atoms with E-state index < -0.39 is 29.2 Å². The van der Waals surface area contributed by atoms with Crippen LogP contribution in [0.2, 0.25) is 5.02 Å². The minimum Gasteiger partial charge on any atom is -0.485 e. The summed E-state index contributed by atoms with van der Waals surface area (Å²) in [6.45, 7) is 6.71. The van der Waals surface area contributed by atoms with Crippen molar-refractivity contribution in [2.45, 2.75) is 58.8 Å². The van der Waals surface area contributed by atoms with Crippen molar-refractivity contribution in [1.82, 2.24) is 14.7 Å². The number of nitrogens with one attached hydrogen (secondary N) is 1. The Morgan fingerprint density at radius 2 is 1.73 bits per heavy atom. The van der Waals surface area contributed by atoms with E-state index in [1.54, 1.807) is 74.7 Å². The number of aryl methyl sites for hydroxylation is 1. The van der Waals surface area contributed by atoms with Crippen molar-refractivity contribution in [1.29, 1.82) is 0 Å². The fourth-order valence-corrected chi connectivity index (χ4v) is 4.39. The Bertz CT molecular complexity index is 1510. The lowest BCUT2D eigenvalue weighted by Crippen LogP contribution is -2.31. The maximum Gasteiger partial charge on any atom is 0.306 e. The van der Waals surface area contributed by atoms with Gasteiger partial charge in [-0.25, -0.2) is 13.8 Å². The molecule has 40 heavy (non-hydrogen) atoms. The topological polar surface area (TPSA) is 81.9 Å². The number of carbonyl (C=O) groups excluding carboxylic acids is 2. The van der Waals surface area contributed by atoms with E-state index >= 15 is 0 Å². The zero-order valence-electron chi connectivity index (χ0n) is 22.6. The fourth-order valence-electron chi connectivity index (χ4n) is 4.26. The highest BCUT2D eigenvalue weighted by molar-refractivity contribution is 6.30. The van der Waals surface area contributed by atoms with E-state index in [-0.39, 0.29) is 36.0 Å². The minimum atomic E-state index is -0.717. The number of imidazole rings is 1. The number of ether oxygens (including phenoxy) is 2. The lowest BCUT2D eigenvalue weighted by molar-refractivity contribution is -0.155. The number of aromatic nitrogens is 2. The molecule has 0 radical (unpaired) electrons. The molecule has 1 N–H and O–H groups in total. The lowest BCUT2D eigenvalue weighted by atomic mass is 10.0. The third kappa shape index (κ3) is 6.96. The second kappa shape index (κ2) is 12.0. The van der Waals surface area contributed by atoms with Gasteiger partial charge in [0.25, 0.3) is 5.91 Å². The molecule has 2 aromatic carbocycles. The standard InChI is InChI=1S/C30H30ClF2N3O4/c1-18-27(36-16-6-9-25(28(36)34-18)39-17-21-22(32)7-5-8-23(21)33)29(38)35-24(19-10-12-20(31)13-11-19)14-15-26(37)40-30(2,3)4/h5-13,16,24H,14-15,17H2,1-4H3,(H,35,38). The van der Waals surface area contributed by atoms with E-state index in [9.17, 15) is 18.4 Å². The van der Waals surface area contributed by atoms with Crippen molar-refractivity contribution in [3.8, 4) is 5.75 Å². The molecule has 1 amide bonds. The van der Waals surface area contributed by atoms with Crippen molar-refractivity contribution in [2.75, 3.05) is 0 Å². The van der Waals surface area contributed by atoms with Crippen LogP contribution in [0.4, 0.5) is 8.78 Å². The van der Waals surface area contributed by atoms with Crippen molar-refractivity contribution in [3.05, 3.63) is 100.0 Å². The number of carbonyl (C=O) groups is 2. The normalized spacial score (nSPS) is 12.3. The Balaban J connectivity index is 1.58. The number of benzene rings is 2. The summed E-state index contributed by atoms with van der Waals surface area (Å²) in [5, 5.41) is 3.55. The molecule has 4 aromatic rings. The SMILES string of the molecule is Cc1nc2c(OCc3c(F)cccc3F)cccn2c1C(=O)NC(CCC(=O)OC(C)(C)C)c1ccc(Cl)cc1. The predicted molar refractivity (Wildman–Crippen MR) is 147 cm³/mol. The summed E-state index contributed by atoms with van der Waals surface area (Å²) in [6, 6.07) is 13.3. The predicted octanol–water partition coefficient (Wildman–Crippen LogP) is 6.75. The highest BCUT2D eigenvalue weighted by atomic mass is 35.5. The molecule has 10 heteroatoms. The quantitative estimate of drug-likeness (QED) is 0.226. The minimum absolute atomic E-state index is 0.0849. The van der Waals surface area contributed by atoms with Crippen LogP contribution in [0, 0.1) is 18.6 Å². The highest BCUT2D eigenvalue weighted by Gasteiger charge is 2.24. The molecular weight excluding hydrogens is 540 g/mol. The van der Waals surface area contributed by atoms with E-state index in [0.29, 0.717) is 22.8 Å². The summed E-state index contributed by atoms with van der Waals surface area (Å²) >= 11 is 6.06. The third-order valence-electron chi connectivity index (χ3n) is 6.07. The smallest absolute Gasteiger partial charge is 0.306 e. The second-order valence-electron chi connectivity index (χ2n) is 10.3. The molecule has 0 fully saturated rings.